The molecule has 0 bridgehead atoms. The fourth-order valence-electron chi connectivity index (χ4n) is 1.89. The van der Waals surface area contributed by atoms with Gasteiger partial charge >= 0.3 is 0 Å². The second kappa shape index (κ2) is 5.70. The Morgan fingerprint density at radius 2 is 2.41 bits per heavy atom. The Balaban J connectivity index is 1.99. The first-order chi connectivity index (χ1) is 8.33. The van der Waals surface area contributed by atoms with Gasteiger partial charge in [-0.3, -0.25) is 0 Å². The van der Waals surface area contributed by atoms with Crippen LogP contribution >= 0.6 is 0 Å². The summed E-state index contributed by atoms with van der Waals surface area (Å²) in [5.74, 6) is 0.803. The zero-order valence-electron chi connectivity index (χ0n) is 10.1. The standard InChI is InChI=1S/C14H17NO2/c1-2-3-8-16-14-7-6-12-5-4-11(10-15)9-13(12)17-14/h4-5,9,14H,2-3,6-8H2,1H3. The van der Waals surface area contributed by atoms with E-state index in [1.54, 1.807) is 6.07 Å². The SMILES string of the molecule is CCCCOC1CCc2ccc(C#N)cc2O1. The predicted octanol–water partition coefficient (Wildman–Crippen LogP) is 3.03. The molecule has 3 nitrogen and oxygen atoms in total. The van der Waals surface area contributed by atoms with Gasteiger partial charge in [0.2, 0.25) is 0 Å². The third kappa shape index (κ3) is 2.98. The van der Waals surface area contributed by atoms with Crippen LogP contribution in [0.2, 0.25) is 0 Å². The molecule has 0 spiro atoms. The van der Waals surface area contributed by atoms with Crippen LogP contribution in [-0.4, -0.2) is 12.9 Å². The van der Waals surface area contributed by atoms with Gasteiger partial charge in [0.1, 0.15) is 5.75 Å². The van der Waals surface area contributed by atoms with Crippen molar-refractivity contribution in [2.24, 2.45) is 0 Å². The summed E-state index contributed by atoms with van der Waals surface area (Å²) in [6.07, 6.45) is 3.89. The van der Waals surface area contributed by atoms with Crippen molar-refractivity contribution in [1.29, 1.82) is 5.26 Å². The van der Waals surface area contributed by atoms with Crippen molar-refractivity contribution >= 4 is 0 Å². The first kappa shape index (κ1) is 11.9. The second-order valence-corrected chi connectivity index (χ2v) is 4.24. The van der Waals surface area contributed by atoms with Crippen LogP contribution in [0.15, 0.2) is 18.2 Å². The highest BCUT2D eigenvalue weighted by Gasteiger charge is 2.20. The highest BCUT2D eigenvalue weighted by atomic mass is 16.7. The number of hydrogen-bond donors (Lipinski definition) is 0. The third-order valence-electron chi connectivity index (χ3n) is 2.91. The Morgan fingerprint density at radius 3 is 3.18 bits per heavy atom. The summed E-state index contributed by atoms with van der Waals surface area (Å²) in [5, 5.41) is 8.84. The highest BCUT2D eigenvalue weighted by Crippen LogP contribution is 2.28. The molecule has 90 valence electrons. The molecule has 1 aliphatic rings. The molecule has 0 N–H and O–H groups in total. The van der Waals surface area contributed by atoms with Gasteiger partial charge in [0.05, 0.1) is 18.2 Å². The van der Waals surface area contributed by atoms with Crippen molar-refractivity contribution in [3.8, 4) is 11.8 Å². The number of fused-ring (bicyclic) bond motifs is 1. The number of aryl methyl sites for hydroxylation is 1. The van der Waals surface area contributed by atoms with E-state index in [0.717, 1.165) is 38.0 Å². The van der Waals surface area contributed by atoms with E-state index in [4.69, 9.17) is 14.7 Å². The molecule has 0 aromatic heterocycles. The topological polar surface area (TPSA) is 42.2 Å². The molecule has 0 aliphatic carbocycles. The van der Waals surface area contributed by atoms with Crippen molar-refractivity contribution in [2.75, 3.05) is 6.61 Å². The largest absolute Gasteiger partial charge is 0.465 e. The van der Waals surface area contributed by atoms with Gasteiger partial charge < -0.3 is 9.47 Å². The molecular weight excluding hydrogens is 214 g/mol. The molecule has 0 saturated carbocycles. The molecule has 0 amide bonds. The Labute approximate surface area is 102 Å². The summed E-state index contributed by atoms with van der Waals surface area (Å²) in [4.78, 5) is 0. The van der Waals surface area contributed by atoms with E-state index in [0.29, 0.717) is 5.56 Å². The normalized spacial score (nSPS) is 18.0. The molecule has 1 aromatic carbocycles. The van der Waals surface area contributed by atoms with Crippen LogP contribution in [0.4, 0.5) is 0 Å². The maximum Gasteiger partial charge on any atom is 0.200 e. The van der Waals surface area contributed by atoms with Gasteiger partial charge in [0.15, 0.2) is 6.29 Å². The molecule has 1 atom stereocenters. The molecule has 1 aromatic rings. The van der Waals surface area contributed by atoms with E-state index < -0.39 is 0 Å². The van der Waals surface area contributed by atoms with Crippen LogP contribution in [-0.2, 0) is 11.2 Å². The Kier molecular flexibility index (Phi) is 4.00. The van der Waals surface area contributed by atoms with E-state index in [1.807, 2.05) is 12.1 Å². The molecule has 0 radical (unpaired) electrons. The minimum atomic E-state index is -0.150. The zero-order valence-corrected chi connectivity index (χ0v) is 10.1. The summed E-state index contributed by atoms with van der Waals surface area (Å²) in [5.41, 5.74) is 1.80. The maximum atomic E-state index is 8.84. The number of hydrogen-bond acceptors (Lipinski definition) is 3. The van der Waals surface area contributed by atoms with E-state index in [1.165, 1.54) is 5.56 Å². The van der Waals surface area contributed by atoms with Crippen molar-refractivity contribution in [3.63, 3.8) is 0 Å². The van der Waals surface area contributed by atoms with E-state index >= 15 is 0 Å². The zero-order chi connectivity index (χ0) is 12.1. The summed E-state index contributed by atoms with van der Waals surface area (Å²) < 4.78 is 11.4. The lowest BCUT2D eigenvalue weighted by Crippen LogP contribution is -2.26. The lowest BCUT2D eigenvalue weighted by Gasteiger charge is -2.26. The Morgan fingerprint density at radius 1 is 1.53 bits per heavy atom. The molecular formula is C14H17NO2. The summed E-state index contributed by atoms with van der Waals surface area (Å²) in [6, 6.07) is 7.72. The fourth-order valence-corrected chi connectivity index (χ4v) is 1.89. The highest BCUT2D eigenvalue weighted by molar-refractivity contribution is 5.43. The second-order valence-electron chi connectivity index (χ2n) is 4.24. The van der Waals surface area contributed by atoms with Crippen LogP contribution in [0, 0.1) is 11.3 Å². The monoisotopic (exact) mass is 231 g/mol. The van der Waals surface area contributed by atoms with E-state index in [-0.39, 0.29) is 6.29 Å². The molecule has 0 saturated heterocycles. The van der Waals surface area contributed by atoms with Crippen LogP contribution in [0.5, 0.6) is 5.75 Å². The van der Waals surface area contributed by atoms with E-state index in [2.05, 4.69) is 13.0 Å². The Hall–Kier alpha value is -1.53. The third-order valence-corrected chi connectivity index (χ3v) is 2.91. The predicted molar refractivity (Wildman–Crippen MR) is 64.8 cm³/mol. The lowest BCUT2D eigenvalue weighted by atomic mass is 10.0. The molecule has 0 fully saturated rings. The Bertz CT molecular complexity index is 423. The van der Waals surface area contributed by atoms with Gasteiger partial charge in [0.25, 0.3) is 0 Å². The van der Waals surface area contributed by atoms with Gasteiger partial charge in [-0.2, -0.15) is 5.26 Å². The summed E-state index contributed by atoms with van der Waals surface area (Å²) >= 11 is 0. The molecule has 1 aliphatic heterocycles. The number of ether oxygens (including phenoxy) is 2. The molecule has 2 rings (SSSR count). The van der Waals surface area contributed by atoms with Crippen molar-refractivity contribution in [3.05, 3.63) is 29.3 Å². The van der Waals surface area contributed by atoms with Crippen LogP contribution < -0.4 is 4.74 Å². The van der Waals surface area contributed by atoms with Crippen molar-refractivity contribution in [1.82, 2.24) is 0 Å². The van der Waals surface area contributed by atoms with Gasteiger partial charge in [0, 0.05) is 6.42 Å². The first-order valence-electron chi connectivity index (χ1n) is 6.14. The van der Waals surface area contributed by atoms with Gasteiger partial charge in [-0.05, 0) is 30.5 Å². The molecule has 3 heteroatoms. The minimum absolute atomic E-state index is 0.150. The van der Waals surface area contributed by atoms with Crippen LogP contribution in [0.1, 0.15) is 37.3 Å². The number of nitrogens with zero attached hydrogens (tertiary/aromatic N) is 1. The lowest BCUT2D eigenvalue weighted by molar-refractivity contribution is -0.0914. The number of nitriles is 1. The summed E-state index contributed by atoms with van der Waals surface area (Å²) in [6.45, 7) is 2.88. The number of benzene rings is 1. The van der Waals surface area contributed by atoms with Crippen LogP contribution in [0.3, 0.4) is 0 Å². The average Bonchev–Trinajstić information content (AvgIpc) is 2.38. The van der Waals surface area contributed by atoms with Gasteiger partial charge in [-0.25, -0.2) is 0 Å². The molecule has 17 heavy (non-hydrogen) atoms. The molecule has 1 heterocycles. The fraction of sp³-hybridized carbons (Fsp3) is 0.500. The molecule has 1 unspecified atom stereocenters. The van der Waals surface area contributed by atoms with Crippen LogP contribution in [0.25, 0.3) is 0 Å². The average molecular weight is 231 g/mol. The smallest absolute Gasteiger partial charge is 0.200 e. The quantitative estimate of drug-likeness (QED) is 0.748. The number of rotatable bonds is 4. The summed E-state index contributed by atoms with van der Waals surface area (Å²) in [7, 11) is 0. The minimum Gasteiger partial charge on any atom is -0.465 e. The van der Waals surface area contributed by atoms with Crippen molar-refractivity contribution < 1.29 is 9.47 Å². The van der Waals surface area contributed by atoms with Gasteiger partial charge in [-0.15, -0.1) is 0 Å². The maximum absolute atomic E-state index is 8.84. The van der Waals surface area contributed by atoms with Gasteiger partial charge in [-0.1, -0.05) is 19.4 Å². The van der Waals surface area contributed by atoms with Crippen molar-refractivity contribution in [2.45, 2.75) is 38.9 Å². The first-order valence-corrected chi connectivity index (χ1v) is 6.14. The number of unbranched alkanes of at least 4 members (excludes halogenated alkanes) is 1. The van der Waals surface area contributed by atoms with E-state index in [9.17, 15) is 0 Å².